The predicted octanol–water partition coefficient (Wildman–Crippen LogP) is 5.79. The molecule has 1 fully saturated rings. The van der Waals surface area contributed by atoms with Crippen molar-refractivity contribution < 1.29 is 23.7 Å². The molecule has 180 valence electrons. The molecular formula is C28H38O5. The van der Waals surface area contributed by atoms with Gasteiger partial charge in [-0.1, -0.05) is 93.6 Å². The second-order valence-electron chi connectivity index (χ2n) is 9.00. The van der Waals surface area contributed by atoms with Crippen LogP contribution in [0.4, 0.5) is 0 Å². The largest absolute Gasteiger partial charge is 0.374 e. The van der Waals surface area contributed by atoms with Gasteiger partial charge < -0.3 is 23.7 Å². The molecule has 2 heterocycles. The maximum Gasteiger partial charge on any atom is 0.186 e. The van der Waals surface area contributed by atoms with Gasteiger partial charge in [-0.2, -0.15) is 0 Å². The SMILES string of the molecule is CCCCCCCCO[C@H]1O[C@H](COCc2ccccc2)[C@H]2OCc3ccccc3CO[C@H]12. The Bertz CT molecular complexity index is 811. The minimum atomic E-state index is -0.429. The maximum atomic E-state index is 6.34. The van der Waals surface area contributed by atoms with Gasteiger partial charge in [-0.25, -0.2) is 0 Å². The van der Waals surface area contributed by atoms with Gasteiger partial charge in [0.2, 0.25) is 0 Å². The van der Waals surface area contributed by atoms with E-state index in [0.717, 1.165) is 23.1 Å². The molecule has 0 N–H and O–H groups in total. The molecule has 0 bridgehead atoms. The Kier molecular flexibility index (Phi) is 9.75. The Morgan fingerprint density at radius 3 is 2.21 bits per heavy atom. The highest BCUT2D eigenvalue weighted by Crippen LogP contribution is 2.32. The third kappa shape index (κ3) is 7.11. The molecule has 0 spiro atoms. The van der Waals surface area contributed by atoms with E-state index in [2.05, 4.69) is 31.2 Å². The number of hydrogen-bond donors (Lipinski definition) is 0. The number of hydrogen-bond acceptors (Lipinski definition) is 5. The predicted molar refractivity (Wildman–Crippen MR) is 128 cm³/mol. The summed E-state index contributed by atoms with van der Waals surface area (Å²) < 4.78 is 31.1. The maximum absolute atomic E-state index is 6.34. The normalized spacial score (nSPS) is 24.6. The van der Waals surface area contributed by atoms with E-state index in [1.807, 2.05) is 30.3 Å². The van der Waals surface area contributed by atoms with Crippen molar-refractivity contribution in [1.82, 2.24) is 0 Å². The number of rotatable bonds is 12. The number of unbranched alkanes of at least 4 members (excludes halogenated alkanes) is 5. The Morgan fingerprint density at radius 1 is 0.788 bits per heavy atom. The lowest BCUT2D eigenvalue weighted by Gasteiger charge is -2.28. The van der Waals surface area contributed by atoms with E-state index >= 15 is 0 Å². The first-order chi connectivity index (χ1) is 16.3. The quantitative estimate of drug-likeness (QED) is 0.380. The summed E-state index contributed by atoms with van der Waals surface area (Å²) in [7, 11) is 0. The van der Waals surface area contributed by atoms with E-state index in [1.54, 1.807) is 0 Å². The van der Waals surface area contributed by atoms with E-state index in [1.165, 1.54) is 32.1 Å². The molecule has 4 atom stereocenters. The molecule has 2 aliphatic rings. The first-order valence-corrected chi connectivity index (χ1v) is 12.5. The van der Waals surface area contributed by atoms with E-state index in [-0.39, 0.29) is 18.3 Å². The van der Waals surface area contributed by atoms with Crippen molar-refractivity contribution in [2.75, 3.05) is 13.2 Å². The van der Waals surface area contributed by atoms with E-state index in [0.29, 0.717) is 33.0 Å². The fraction of sp³-hybridized carbons (Fsp3) is 0.571. The molecule has 5 nitrogen and oxygen atoms in total. The van der Waals surface area contributed by atoms with Crippen LogP contribution in [0.1, 0.15) is 62.1 Å². The van der Waals surface area contributed by atoms with Crippen LogP contribution in [0.3, 0.4) is 0 Å². The molecule has 0 saturated carbocycles. The summed E-state index contributed by atoms with van der Waals surface area (Å²) in [4.78, 5) is 0. The number of benzene rings is 2. The summed E-state index contributed by atoms with van der Waals surface area (Å²) in [5.74, 6) is 0. The summed E-state index contributed by atoms with van der Waals surface area (Å²) in [6, 6.07) is 18.5. The summed E-state index contributed by atoms with van der Waals surface area (Å²) in [6.45, 7) is 4.99. The molecule has 0 amide bonds. The molecule has 0 radical (unpaired) electrons. The molecule has 2 aromatic rings. The minimum absolute atomic E-state index is 0.219. The molecule has 0 unspecified atom stereocenters. The lowest BCUT2D eigenvalue weighted by Crippen LogP contribution is -2.40. The van der Waals surface area contributed by atoms with Crippen LogP contribution < -0.4 is 0 Å². The zero-order chi connectivity index (χ0) is 22.7. The van der Waals surface area contributed by atoms with Gasteiger partial charge in [0.25, 0.3) is 0 Å². The highest BCUT2D eigenvalue weighted by atomic mass is 16.7. The molecule has 2 aliphatic heterocycles. The molecule has 4 rings (SSSR count). The van der Waals surface area contributed by atoms with E-state index in [9.17, 15) is 0 Å². The Balaban J connectivity index is 1.33. The first kappa shape index (κ1) is 24.4. The third-order valence-electron chi connectivity index (χ3n) is 6.42. The molecule has 1 saturated heterocycles. The number of fused-ring (bicyclic) bond motifs is 2. The van der Waals surface area contributed by atoms with Crippen LogP contribution in [0, 0.1) is 0 Å². The van der Waals surface area contributed by atoms with Crippen LogP contribution in [-0.2, 0) is 43.5 Å². The molecular weight excluding hydrogens is 416 g/mol. The smallest absolute Gasteiger partial charge is 0.186 e. The van der Waals surface area contributed by atoms with Crippen molar-refractivity contribution in [3.8, 4) is 0 Å². The van der Waals surface area contributed by atoms with Gasteiger partial charge in [0.15, 0.2) is 6.29 Å². The third-order valence-corrected chi connectivity index (χ3v) is 6.42. The lowest BCUT2D eigenvalue weighted by atomic mass is 10.1. The summed E-state index contributed by atoms with van der Waals surface area (Å²) in [5, 5.41) is 0. The molecule has 0 aromatic heterocycles. The van der Waals surface area contributed by atoms with Crippen LogP contribution in [-0.4, -0.2) is 37.8 Å². The molecule has 0 aliphatic carbocycles. The highest BCUT2D eigenvalue weighted by molar-refractivity contribution is 5.26. The lowest BCUT2D eigenvalue weighted by molar-refractivity contribution is -0.186. The van der Waals surface area contributed by atoms with Crippen LogP contribution in [0.5, 0.6) is 0 Å². The van der Waals surface area contributed by atoms with Gasteiger partial charge >= 0.3 is 0 Å². The van der Waals surface area contributed by atoms with Crippen molar-refractivity contribution in [2.45, 2.75) is 89.9 Å². The number of ether oxygens (including phenoxy) is 5. The second-order valence-corrected chi connectivity index (χ2v) is 9.00. The van der Waals surface area contributed by atoms with Crippen LogP contribution in [0.25, 0.3) is 0 Å². The standard InChI is InChI=1S/C28H38O5/c1-2-3-4-5-6-12-17-30-28-27-26(31-19-23-15-10-11-16-24(23)20-32-27)25(33-28)21-29-18-22-13-8-7-9-14-22/h7-11,13-16,25-28H,2-6,12,17-21H2,1H3/t25-,26-,27+,28+/m1/s1. The average molecular weight is 455 g/mol. The van der Waals surface area contributed by atoms with Gasteiger partial charge in [-0.3, -0.25) is 0 Å². The Hall–Kier alpha value is -1.76. The Morgan fingerprint density at radius 2 is 1.45 bits per heavy atom. The average Bonchev–Trinajstić information content (AvgIpc) is 3.15. The van der Waals surface area contributed by atoms with Gasteiger partial charge in [0.1, 0.15) is 18.3 Å². The molecule has 2 aromatic carbocycles. The Labute approximate surface area is 198 Å². The van der Waals surface area contributed by atoms with Crippen LogP contribution in [0.15, 0.2) is 54.6 Å². The molecule has 5 heteroatoms. The first-order valence-electron chi connectivity index (χ1n) is 12.5. The van der Waals surface area contributed by atoms with Gasteiger partial charge in [0, 0.05) is 6.61 Å². The van der Waals surface area contributed by atoms with Crippen LogP contribution in [0.2, 0.25) is 0 Å². The van der Waals surface area contributed by atoms with Crippen molar-refractivity contribution >= 4 is 0 Å². The van der Waals surface area contributed by atoms with Crippen molar-refractivity contribution in [3.63, 3.8) is 0 Å². The summed E-state index contributed by atoms with van der Waals surface area (Å²) in [6.07, 6.45) is 6.25. The molecule has 33 heavy (non-hydrogen) atoms. The van der Waals surface area contributed by atoms with Gasteiger partial charge in [-0.15, -0.1) is 0 Å². The van der Waals surface area contributed by atoms with E-state index in [4.69, 9.17) is 23.7 Å². The van der Waals surface area contributed by atoms with E-state index < -0.39 is 6.29 Å². The fourth-order valence-corrected chi connectivity index (χ4v) is 4.50. The zero-order valence-corrected chi connectivity index (χ0v) is 19.8. The van der Waals surface area contributed by atoms with Crippen molar-refractivity contribution in [2.24, 2.45) is 0 Å². The highest BCUT2D eigenvalue weighted by Gasteiger charge is 2.47. The fourth-order valence-electron chi connectivity index (χ4n) is 4.50. The monoisotopic (exact) mass is 454 g/mol. The van der Waals surface area contributed by atoms with Gasteiger partial charge in [0.05, 0.1) is 26.4 Å². The van der Waals surface area contributed by atoms with Crippen molar-refractivity contribution in [3.05, 3.63) is 71.3 Å². The summed E-state index contributed by atoms with van der Waals surface area (Å²) in [5.41, 5.74) is 3.47. The minimum Gasteiger partial charge on any atom is -0.374 e. The van der Waals surface area contributed by atoms with Crippen LogP contribution >= 0.6 is 0 Å². The zero-order valence-electron chi connectivity index (χ0n) is 19.8. The summed E-state index contributed by atoms with van der Waals surface area (Å²) >= 11 is 0. The topological polar surface area (TPSA) is 46.2 Å². The van der Waals surface area contributed by atoms with Crippen molar-refractivity contribution in [1.29, 1.82) is 0 Å². The second kappa shape index (κ2) is 13.2. The van der Waals surface area contributed by atoms with Gasteiger partial charge in [-0.05, 0) is 23.1 Å².